The number of benzene rings is 3. The maximum absolute atomic E-state index is 12.6. The zero-order valence-corrected chi connectivity index (χ0v) is 18.0. The Bertz CT molecular complexity index is 1250. The second kappa shape index (κ2) is 9.78. The second-order valence-electron chi connectivity index (χ2n) is 7.57. The standard InChI is InChI=1S/C27H22N2O4/c1-29(18-19-3-2-4-24(17-19)22-13-15-28-16-14-22)27(32)33-25-11-9-21(10-12-25)20-5-7-23(8-6-20)26(30)31/h2-17H,18H2,1H3,(H,30,31). The van der Waals surface area contributed by atoms with Crippen molar-refractivity contribution in [1.82, 2.24) is 9.88 Å². The SMILES string of the molecule is CN(Cc1cccc(-c2ccncc2)c1)C(=O)Oc1ccc(-c2ccc(C(=O)O)cc2)cc1. The van der Waals surface area contributed by atoms with E-state index in [-0.39, 0.29) is 5.56 Å². The number of ether oxygens (including phenoxy) is 1. The largest absolute Gasteiger partial charge is 0.478 e. The molecule has 0 atom stereocenters. The number of carboxylic acid groups (broad SMARTS) is 1. The van der Waals surface area contributed by atoms with Gasteiger partial charge in [-0.3, -0.25) is 4.98 Å². The number of aromatic nitrogens is 1. The van der Waals surface area contributed by atoms with Gasteiger partial charge in [-0.25, -0.2) is 9.59 Å². The number of carbonyl (C=O) groups is 2. The number of amides is 1. The van der Waals surface area contributed by atoms with Gasteiger partial charge >= 0.3 is 12.1 Å². The average molecular weight is 438 g/mol. The topological polar surface area (TPSA) is 79.7 Å². The molecule has 6 heteroatoms. The van der Waals surface area contributed by atoms with Crippen LogP contribution >= 0.6 is 0 Å². The smallest absolute Gasteiger partial charge is 0.415 e. The van der Waals surface area contributed by atoms with Gasteiger partial charge in [0.25, 0.3) is 0 Å². The Morgan fingerprint density at radius 3 is 2.06 bits per heavy atom. The Balaban J connectivity index is 1.38. The first-order chi connectivity index (χ1) is 16.0. The van der Waals surface area contributed by atoms with E-state index in [1.54, 1.807) is 55.8 Å². The van der Waals surface area contributed by atoms with Crippen molar-refractivity contribution in [1.29, 1.82) is 0 Å². The first-order valence-electron chi connectivity index (χ1n) is 10.4. The third kappa shape index (κ3) is 5.43. The first-order valence-corrected chi connectivity index (χ1v) is 10.4. The quantitative estimate of drug-likeness (QED) is 0.415. The highest BCUT2D eigenvalue weighted by Gasteiger charge is 2.13. The Morgan fingerprint density at radius 1 is 0.818 bits per heavy atom. The van der Waals surface area contributed by atoms with Gasteiger partial charge in [-0.15, -0.1) is 0 Å². The summed E-state index contributed by atoms with van der Waals surface area (Å²) in [5, 5.41) is 9.02. The number of rotatable bonds is 6. The van der Waals surface area contributed by atoms with Crippen LogP contribution in [-0.4, -0.2) is 34.1 Å². The van der Waals surface area contributed by atoms with E-state index in [9.17, 15) is 9.59 Å². The Kier molecular flexibility index (Phi) is 6.45. The van der Waals surface area contributed by atoms with Crippen molar-refractivity contribution in [3.05, 3.63) is 108 Å². The summed E-state index contributed by atoms with van der Waals surface area (Å²) in [6.07, 6.45) is 3.05. The van der Waals surface area contributed by atoms with Gasteiger partial charge in [0, 0.05) is 26.0 Å². The molecule has 4 rings (SSSR count). The summed E-state index contributed by atoms with van der Waals surface area (Å²) >= 11 is 0. The predicted octanol–water partition coefficient (Wildman–Crippen LogP) is 5.74. The van der Waals surface area contributed by atoms with Crippen LogP contribution in [0.4, 0.5) is 4.79 Å². The highest BCUT2D eigenvalue weighted by atomic mass is 16.6. The second-order valence-corrected chi connectivity index (χ2v) is 7.57. The number of carboxylic acids is 1. The van der Waals surface area contributed by atoms with Crippen LogP contribution in [0.5, 0.6) is 5.75 Å². The van der Waals surface area contributed by atoms with Crippen LogP contribution < -0.4 is 4.74 Å². The van der Waals surface area contributed by atoms with Gasteiger partial charge < -0.3 is 14.7 Å². The van der Waals surface area contributed by atoms with Crippen LogP contribution in [-0.2, 0) is 6.54 Å². The third-order valence-electron chi connectivity index (χ3n) is 5.20. The van der Waals surface area contributed by atoms with E-state index in [1.807, 2.05) is 48.5 Å². The minimum Gasteiger partial charge on any atom is -0.478 e. The summed E-state index contributed by atoms with van der Waals surface area (Å²) in [6, 6.07) is 25.6. The Labute approximate surface area is 191 Å². The first kappa shape index (κ1) is 21.8. The lowest BCUT2D eigenvalue weighted by Gasteiger charge is -2.17. The van der Waals surface area contributed by atoms with Gasteiger partial charge in [0.2, 0.25) is 0 Å². The summed E-state index contributed by atoms with van der Waals surface area (Å²) < 4.78 is 5.51. The summed E-state index contributed by atoms with van der Waals surface area (Å²) in [7, 11) is 1.69. The summed E-state index contributed by atoms with van der Waals surface area (Å²) in [5.41, 5.74) is 5.12. The molecular formula is C27H22N2O4. The fraction of sp³-hybridized carbons (Fsp3) is 0.0741. The zero-order valence-electron chi connectivity index (χ0n) is 18.0. The predicted molar refractivity (Wildman–Crippen MR) is 126 cm³/mol. The Hall–Kier alpha value is -4.45. The number of carbonyl (C=O) groups excluding carboxylic acids is 1. The van der Waals surface area contributed by atoms with Crippen LogP contribution in [0.1, 0.15) is 15.9 Å². The van der Waals surface area contributed by atoms with Crippen molar-refractivity contribution in [3.8, 4) is 28.0 Å². The molecule has 1 heterocycles. The molecule has 4 aromatic rings. The highest BCUT2D eigenvalue weighted by Crippen LogP contribution is 2.24. The molecule has 0 aliphatic carbocycles. The Morgan fingerprint density at radius 2 is 1.42 bits per heavy atom. The average Bonchev–Trinajstić information content (AvgIpc) is 2.85. The van der Waals surface area contributed by atoms with Gasteiger partial charge in [0.15, 0.2) is 0 Å². The van der Waals surface area contributed by atoms with Crippen LogP contribution in [0.3, 0.4) is 0 Å². The number of aromatic carboxylic acids is 1. The van der Waals surface area contributed by atoms with Gasteiger partial charge in [-0.1, -0.05) is 42.5 Å². The van der Waals surface area contributed by atoms with Crippen molar-refractivity contribution in [2.75, 3.05) is 7.05 Å². The normalized spacial score (nSPS) is 10.5. The lowest BCUT2D eigenvalue weighted by atomic mass is 10.0. The zero-order chi connectivity index (χ0) is 23.2. The third-order valence-corrected chi connectivity index (χ3v) is 5.20. The molecule has 0 bridgehead atoms. The van der Waals surface area contributed by atoms with Crippen molar-refractivity contribution in [2.24, 2.45) is 0 Å². The summed E-state index contributed by atoms with van der Waals surface area (Å²) in [6.45, 7) is 0.408. The molecule has 0 aliphatic rings. The monoisotopic (exact) mass is 438 g/mol. The van der Waals surface area contributed by atoms with E-state index < -0.39 is 12.1 Å². The lowest BCUT2D eigenvalue weighted by Crippen LogP contribution is -2.29. The molecule has 0 aliphatic heterocycles. The number of hydrogen-bond acceptors (Lipinski definition) is 4. The molecule has 1 aromatic heterocycles. The molecule has 3 aromatic carbocycles. The molecule has 1 N–H and O–H groups in total. The molecule has 0 saturated heterocycles. The van der Waals surface area contributed by atoms with Gasteiger partial charge in [0.05, 0.1) is 5.56 Å². The highest BCUT2D eigenvalue weighted by molar-refractivity contribution is 5.88. The van der Waals surface area contributed by atoms with Crippen LogP contribution in [0, 0.1) is 0 Å². The van der Waals surface area contributed by atoms with E-state index in [0.29, 0.717) is 12.3 Å². The van der Waals surface area contributed by atoms with Gasteiger partial charge in [-0.05, 0) is 70.3 Å². The molecule has 1 amide bonds. The maximum atomic E-state index is 12.6. The molecule has 0 unspecified atom stereocenters. The van der Waals surface area contributed by atoms with Gasteiger partial charge in [-0.2, -0.15) is 0 Å². The van der Waals surface area contributed by atoms with E-state index in [4.69, 9.17) is 9.84 Å². The van der Waals surface area contributed by atoms with Crippen LogP contribution in [0.25, 0.3) is 22.3 Å². The molecule has 0 radical (unpaired) electrons. The molecule has 0 saturated carbocycles. The molecule has 0 fully saturated rings. The minimum atomic E-state index is -0.961. The number of pyridine rings is 1. The van der Waals surface area contributed by atoms with Crippen molar-refractivity contribution < 1.29 is 19.4 Å². The number of nitrogens with zero attached hydrogens (tertiary/aromatic N) is 2. The van der Waals surface area contributed by atoms with E-state index in [1.165, 1.54) is 4.90 Å². The van der Waals surface area contributed by atoms with E-state index >= 15 is 0 Å². The van der Waals surface area contributed by atoms with Crippen molar-refractivity contribution in [2.45, 2.75) is 6.54 Å². The molecule has 0 spiro atoms. The summed E-state index contributed by atoms with van der Waals surface area (Å²) in [4.78, 5) is 29.1. The number of hydrogen-bond donors (Lipinski definition) is 1. The molecule has 164 valence electrons. The molecule has 6 nitrogen and oxygen atoms in total. The van der Waals surface area contributed by atoms with E-state index in [0.717, 1.165) is 27.8 Å². The maximum Gasteiger partial charge on any atom is 0.415 e. The van der Waals surface area contributed by atoms with E-state index in [2.05, 4.69) is 4.98 Å². The molecule has 33 heavy (non-hydrogen) atoms. The van der Waals surface area contributed by atoms with Gasteiger partial charge in [0.1, 0.15) is 5.75 Å². The fourth-order valence-corrected chi connectivity index (χ4v) is 3.43. The minimum absolute atomic E-state index is 0.235. The van der Waals surface area contributed by atoms with Crippen LogP contribution in [0.15, 0.2) is 97.3 Å². The van der Waals surface area contributed by atoms with Crippen LogP contribution in [0.2, 0.25) is 0 Å². The fourth-order valence-electron chi connectivity index (χ4n) is 3.43. The lowest BCUT2D eigenvalue weighted by molar-refractivity contribution is 0.0697. The van der Waals surface area contributed by atoms with Crippen molar-refractivity contribution in [3.63, 3.8) is 0 Å². The summed E-state index contributed by atoms with van der Waals surface area (Å²) in [5.74, 6) is -0.527. The van der Waals surface area contributed by atoms with Crippen molar-refractivity contribution >= 4 is 12.1 Å². The molecular weight excluding hydrogens is 416 g/mol.